The van der Waals surface area contributed by atoms with Gasteiger partial charge >= 0.3 is 12.1 Å². The molecule has 1 aromatic carbocycles. The summed E-state index contributed by atoms with van der Waals surface area (Å²) in [6, 6.07) is 6.11. The number of benzene rings is 1. The van der Waals surface area contributed by atoms with Crippen molar-refractivity contribution in [2.45, 2.75) is 25.1 Å². The molecule has 0 atom stereocenters. The maximum absolute atomic E-state index is 12.3. The SMILES string of the molecule is O=C(O)c1ccc2nc(-c3cnnc(OCC(F)(F)F)c3)n(C3CC3)c2c1. The number of alkyl halides is 3. The van der Waals surface area contributed by atoms with Crippen molar-refractivity contribution in [3.8, 4) is 17.3 Å². The monoisotopic (exact) mass is 378 g/mol. The van der Waals surface area contributed by atoms with E-state index in [0.717, 1.165) is 12.8 Å². The van der Waals surface area contributed by atoms with Crippen molar-refractivity contribution in [2.75, 3.05) is 6.61 Å². The summed E-state index contributed by atoms with van der Waals surface area (Å²) in [5.41, 5.74) is 1.83. The van der Waals surface area contributed by atoms with E-state index in [9.17, 15) is 23.1 Å². The number of rotatable bonds is 5. The molecule has 4 rings (SSSR count). The third-order valence-electron chi connectivity index (χ3n) is 4.12. The van der Waals surface area contributed by atoms with Gasteiger partial charge in [0.15, 0.2) is 6.61 Å². The first-order valence-electron chi connectivity index (χ1n) is 8.10. The molecule has 0 radical (unpaired) electrons. The van der Waals surface area contributed by atoms with E-state index in [1.807, 2.05) is 4.57 Å². The fraction of sp³-hybridized carbons (Fsp3) is 0.294. The van der Waals surface area contributed by atoms with Gasteiger partial charge in [0.25, 0.3) is 0 Å². The average Bonchev–Trinajstić information content (AvgIpc) is 3.38. The molecule has 1 aliphatic rings. The van der Waals surface area contributed by atoms with Crippen molar-refractivity contribution in [1.29, 1.82) is 0 Å². The van der Waals surface area contributed by atoms with Crippen molar-refractivity contribution in [2.24, 2.45) is 0 Å². The minimum Gasteiger partial charge on any atom is -0.478 e. The van der Waals surface area contributed by atoms with E-state index in [4.69, 9.17) is 0 Å². The van der Waals surface area contributed by atoms with Gasteiger partial charge in [-0.05, 0) is 31.0 Å². The molecule has 0 saturated heterocycles. The average molecular weight is 378 g/mol. The zero-order valence-electron chi connectivity index (χ0n) is 13.8. The van der Waals surface area contributed by atoms with Crippen molar-refractivity contribution in [1.82, 2.24) is 19.7 Å². The Hall–Kier alpha value is -3.17. The summed E-state index contributed by atoms with van der Waals surface area (Å²) in [5, 5.41) is 16.5. The van der Waals surface area contributed by atoms with Gasteiger partial charge in [-0.15, -0.1) is 5.10 Å². The Bertz CT molecular complexity index is 1030. The molecule has 1 aliphatic carbocycles. The van der Waals surface area contributed by atoms with E-state index in [1.165, 1.54) is 18.3 Å². The maximum atomic E-state index is 12.3. The standard InChI is InChI=1S/C17H13F3N4O3/c18-17(19,20)8-27-14-6-10(7-21-23-14)15-22-12-4-1-9(16(25)26)5-13(12)24(15)11-2-3-11/h1,4-7,11H,2-3,8H2,(H,25,26). The van der Waals surface area contributed by atoms with Gasteiger partial charge in [0.2, 0.25) is 5.88 Å². The molecule has 0 bridgehead atoms. The highest BCUT2D eigenvalue weighted by molar-refractivity contribution is 5.93. The van der Waals surface area contributed by atoms with E-state index in [-0.39, 0.29) is 17.5 Å². The van der Waals surface area contributed by atoms with Crippen LogP contribution >= 0.6 is 0 Å². The summed E-state index contributed by atoms with van der Waals surface area (Å²) in [6.07, 6.45) is -1.28. The van der Waals surface area contributed by atoms with E-state index in [1.54, 1.807) is 12.1 Å². The molecule has 3 aromatic rings. The second-order valence-corrected chi connectivity index (χ2v) is 6.23. The normalized spacial score (nSPS) is 14.5. The molecular weight excluding hydrogens is 365 g/mol. The lowest BCUT2D eigenvalue weighted by molar-refractivity contribution is -0.154. The number of aromatic carboxylic acids is 1. The topological polar surface area (TPSA) is 90.1 Å². The zero-order valence-corrected chi connectivity index (χ0v) is 13.8. The lowest BCUT2D eigenvalue weighted by Gasteiger charge is -2.10. The molecule has 1 saturated carbocycles. The van der Waals surface area contributed by atoms with E-state index in [0.29, 0.717) is 22.4 Å². The number of imidazole rings is 1. The van der Waals surface area contributed by atoms with Crippen LogP contribution in [-0.2, 0) is 0 Å². The third-order valence-corrected chi connectivity index (χ3v) is 4.12. The largest absolute Gasteiger partial charge is 0.478 e. The highest BCUT2D eigenvalue weighted by atomic mass is 19.4. The quantitative estimate of drug-likeness (QED) is 0.731. The first kappa shape index (κ1) is 17.3. The molecule has 0 spiro atoms. The van der Waals surface area contributed by atoms with Crippen molar-refractivity contribution in [3.63, 3.8) is 0 Å². The molecule has 140 valence electrons. The van der Waals surface area contributed by atoms with E-state index >= 15 is 0 Å². The number of ether oxygens (including phenoxy) is 1. The van der Waals surface area contributed by atoms with Crippen molar-refractivity contribution >= 4 is 17.0 Å². The van der Waals surface area contributed by atoms with Gasteiger partial charge in [-0.2, -0.15) is 18.3 Å². The van der Waals surface area contributed by atoms with Gasteiger partial charge in [-0.25, -0.2) is 9.78 Å². The van der Waals surface area contributed by atoms with Gasteiger partial charge < -0.3 is 14.4 Å². The lowest BCUT2D eigenvalue weighted by Crippen LogP contribution is -2.19. The van der Waals surface area contributed by atoms with Crippen LogP contribution < -0.4 is 4.74 Å². The van der Waals surface area contributed by atoms with Crippen LogP contribution in [0.1, 0.15) is 29.2 Å². The summed E-state index contributed by atoms with van der Waals surface area (Å²) in [5.74, 6) is -0.817. The number of carbonyl (C=O) groups is 1. The Balaban J connectivity index is 1.77. The second-order valence-electron chi connectivity index (χ2n) is 6.23. The molecule has 2 aromatic heterocycles. The highest BCUT2D eigenvalue weighted by Crippen LogP contribution is 2.41. The molecule has 0 unspecified atom stereocenters. The Morgan fingerprint density at radius 3 is 2.74 bits per heavy atom. The Labute approximate surface area is 150 Å². The number of hydrogen-bond acceptors (Lipinski definition) is 5. The zero-order chi connectivity index (χ0) is 19.2. The van der Waals surface area contributed by atoms with Crippen LogP contribution in [0.3, 0.4) is 0 Å². The minimum absolute atomic E-state index is 0.137. The van der Waals surface area contributed by atoms with E-state index in [2.05, 4.69) is 19.9 Å². The molecular formula is C17H13F3N4O3. The molecule has 1 fully saturated rings. The van der Waals surface area contributed by atoms with Gasteiger partial charge in [-0.1, -0.05) is 0 Å². The summed E-state index contributed by atoms with van der Waals surface area (Å²) >= 11 is 0. The first-order chi connectivity index (χ1) is 12.8. The van der Waals surface area contributed by atoms with Crippen LogP contribution in [0.5, 0.6) is 5.88 Å². The summed E-state index contributed by atoms with van der Waals surface area (Å²) in [7, 11) is 0. The number of fused-ring (bicyclic) bond motifs is 1. The molecule has 1 N–H and O–H groups in total. The number of carboxylic acids is 1. The van der Waals surface area contributed by atoms with Gasteiger partial charge in [0.1, 0.15) is 5.82 Å². The fourth-order valence-corrected chi connectivity index (χ4v) is 2.83. The van der Waals surface area contributed by atoms with Gasteiger partial charge in [-0.3, -0.25) is 0 Å². The number of nitrogens with zero attached hydrogens (tertiary/aromatic N) is 4. The Morgan fingerprint density at radius 2 is 2.07 bits per heavy atom. The van der Waals surface area contributed by atoms with Crippen LogP contribution in [0.4, 0.5) is 13.2 Å². The minimum atomic E-state index is -4.48. The summed E-state index contributed by atoms with van der Waals surface area (Å²) < 4.78 is 43.6. The van der Waals surface area contributed by atoms with Crippen LogP contribution in [0.25, 0.3) is 22.4 Å². The second kappa shape index (κ2) is 6.22. The van der Waals surface area contributed by atoms with E-state index < -0.39 is 18.8 Å². The predicted octanol–water partition coefficient (Wildman–Crippen LogP) is 3.47. The van der Waals surface area contributed by atoms with Crippen LogP contribution in [-0.4, -0.2) is 43.6 Å². The number of carboxylic acid groups (broad SMARTS) is 1. The molecule has 2 heterocycles. The predicted molar refractivity (Wildman–Crippen MR) is 87.5 cm³/mol. The smallest absolute Gasteiger partial charge is 0.422 e. The van der Waals surface area contributed by atoms with Crippen molar-refractivity contribution < 1.29 is 27.8 Å². The third kappa shape index (κ3) is 3.55. The maximum Gasteiger partial charge on any atom is 0.422 e. The van der Waals surface area contributed by atoms with Gasteiger partial charge in [0, 0.05) is 17.7 Å². The number of hydrogen-bond donors (Lipinski definition) is 1. The first-order valence-corrected chi connectivity index (χ1v) is 8.10. The van der Waals surface area contributed by atoms with Crippen LogP contribution in [0.2, 0.25) is 0 Å². The molecule has 0 aliphatic heterocycles. The Kier molecular flexibility index (Phi) is 3.97. The fourth-order valence-electron chi connectivity index (χ4n) is 2.83. The van der Waals surface area contributed by atoms with Crippen LogP contribution in [0, 0.1) is 0 Å². The summed E-state index contributed by atoms with van der Waals surface area (Å²) in [6.45, 7) is -1.47. The Morgan fingerprint density at radius 1 is 1.30 bits per heavy atom. The summed E-state index contributed by atoms with van der Waals surface area (Å²) in [4.78, 5) is 15.8. The molecule has 27 heavy (non-hydrogen) atoms. The highest BCUT2D eigenvalue weighted by Gasteiger charge is 2.30. The van der Waals surface area contributed by atoms with Crippen LogP contribution in [0.15, 0.2) is 30.5 Å². The number of halogens is 3. The lowest BCUT2D eigenvalue weighted by atomic mass is 10.2. The van der Waals surface area contributed by atoms with Crippen molar-refractivity contribution in [3.05, 3.63) is 36.0 Å². The molecule has 0 amide bonds. The number of aromatic nitrogens is 4. The van der Waals surface area contributed by atoms with Gasteiger partial charge in [0.05, 0.1) is 22.8 Å². The molecule has 7 nitrogen and oxygen atoms in total. The molecule has 10 heteroatoms.